The van der Waals surface area contributed by atoms with Gasteiger partial charge in [0.05, 0.1) is 21.8 Å². The minimum absolute atomic E-state index is 0.0268. The fourth-order valence-electron chi connectivity index (χ4n) is 2.46. The molecular weight excluding hydrogens is 266 g/mol. The highest BCUT2D eigenvalue weighted by Crippen LogP contribution is 2.39. The van der Waals surface area contributed by atoms with E-state index in [2.05, 4.69) is 4.72 Å². The lowest BCUT2D eigenvalue weighted by Crippen LogP contribution is -2.47. The molecule has 2 aliphatic rings. The Kier molecular flexibility index (Phi) is 3.67. The molecule has 0 aromatic carbocycles. The number of nitrogens with one attached hydrogen (secondary N) is 1. The summed E-state index contributed by atoms with van der Waals surface area (Å²) in [6.45, 7) is 11.1. The van der Waals surface area contributed by atoms with Crippen LogP contribution >= 0.6 is 0 Å². The maximum Gasteiger partial charge on any atom is 0.168 e. The van der Waals surface area contributed by atoms with Crippen molar-refractivity contribution in [2.75, 3.05) is 0 Å². The van der Waals surface area contributed by atoms with E-state index in [1.54, 1.807) is 13.8 Å². The van der Waals surface area contributed by atoms with E-state index in [-0.39, 0.29) is 28.6 Å². The minimum Gasteiger partial charge on any atom is -0.342 e. The number of Topliss-reactive ketones (excluding diaryl/α,β-unsaturated/α-hetero) is 1. The lowest BCUT2D eigenvalue weighted by molar-refractivity contribution is -0.163. The van der Waals surface area contributed by atoms with Crippen LogP contribution in [0.5, 0.6) is 0 Å². The summed E-state index contributed by atoms with van der Waals surface area (Å²) in [6, 6.07) is -0.265. The van der Waals surface area contributed by atoms with E-state index in [9.17, 15) is 9.00 Å². The molecule has 19 heavy (non-hydrogen) atoms. The molecule has 0 unspecified atom stereocenters. The van der Waals surface area contributed by atoms with Gasteiger partial charge in [-0.1, -0.05) is 6.92 Å². The van der Waals surface area contributed by atoms with E-state index in [0.717, 1.165) is 0 Å². The van der Waals surface area contributed by atoms with Crippen LogP contribution in [0, 0.1) is 5.92 Å². The molecule has 0 bridgehead atoms. The number of fused-ring (bicyclic) bond motifs is 1. The Balaban J connectivity index is 2.17. The fraction of sp³-hybridized carbons (Fsp3) is 0.923. The zero-order chi connectivity index (χ0) is 14.6. The standard InChI is InChI=1S/C13H23NO4S/c1-7-8(14-19(16)12(2,3)4)10-11(9(7)15)18-13(5,6)17-10/h7-8,10-11,14H,1-6H3/t7-,8+,10-,11+,19-/m1/s1. The van der Waals surface area contributed by atoms with Crippen molar-refractivity contribution in [3.8, 4) is 0 Å². The van der Waals surface area contributed by atoms with E-state index in [1.165, 1.54) is 0 Å². The Morgan fingerprint density at radius 3 is 2.37 bits per heavy atom. The molecule has 1 saturated heterocycles. The van der Waals surface area contributed by atoms with E-state index in [1.807, 2.05) is 27.7 Å². The van der Waals surface area contributed by atoms with E-state index in [0.29, 0.717) is 0 Å². The zero-order valence-corrected chi connectivity index (χ0v) is 13.2. The summed E-state index contributed by atoms with van der Waals surface area (Å²) in [6.07, 6.45) is -0.900. The second kappa shape index (κ2) is 4.62. The highest BCUT2D eigenvalue weighted by molar-refractivity contribution is 7.84. The van der Waals surface area contributed by atoms with Gasteiger partial charge in [-0.15, -0.1) is 0 Å². The number of rotatable bonds is 2. The van der Waals surface area contributed by atoms with Crippen LogP contribution in [0.15, 0.2) is 0 Å². The molecule has 1 aliphatic carbocycles. The Hall–Kier alpha value is -0.300. The third-order valence-electron chi connectivity index (χ3n) is 3.55. The minimum atomic E-state index is -1.23. The highest BCUT2D eigenvalue weighted by atomic mass is 32.2. The summed E-state index contributed by atoms with van der Waals surface area (Å²) in [5.74, 6) is -0.981. The number of carbonyl (C=O) groups excluding carboxylic acids is 1. The van der Waals surface area contributed by atoms with Crippen molar-refractivity contribution >= 4 is 16.8 Å². The average molecular weight is 289 g/mol. The first-order valence-corrected chi connectivity index (χ1v) is 7.75. The second-order valence-electron chi connectivity index (χ2n) is 6.74. The normalized spacial score (nSPS) is 39.4. The van der Waals surface area contributed by atoms with E-state index in [4.69, 9.17) is 9.47 Å². The first-order chi connectivity index (χ1) is 8.53. The van der Waals surface area contributed by atoms with Crippen molar-refractivity contribution in [3.63, 3.8) is 0 Å². The van der Waals surface area contributed by atoms with Crippen LogP contribution in [-0.4, -0.2) is 38.8 Å². The van der Waals surface area contributed by atoms with Gasteiger partial charge in [0.15, 0.2) is 11.6 Å². The van der Waals surface area contributed by atoms with Gasteiger partial charge in [0.2, 0.25) is 0 Å². The monoisotopic (exact) mass is 289 g/mol. The zero-order valence-electron chi connectivity index (χ0n) is 12.4. The molecule has 0 aromatic rings. The lowest BCUT2D eigenvalue weighted by atomic mass is 10.1. The van der Waals surface area contributed by atoms with Crippen LogP contribution in [0.2, 0.25) is 0 Å². The summed E-state index contributed by atoms with van der Waals surface area (Å²) in [5, 5.41) is 0. The molecule has 0 amide bonds. The molecule has 1 N–H and O–H groups in total. The Morgan fingerprint density at radius 1 is 1.26 bits per heavy atom. The van der Waals surface area contributed by atoms with Crippen LogP contribution < -0.4 is 4.72 Å². The first-order valence-electron chi connectivity index (χ1n) is 6.60. The maximum atomic E-state index is 12.2. The van der Waals surface area contributed by atoms with Crippen LogP contribution in [0.3, 0.4) is 0 Å². The summed E-state index contributed by atoms with van der Waals surface area (Å²) >= 11 is 0. The Labute approximate surface area is 117 Å². The highest BCUT2D eigenvalue weighted by Gasteiger charge is 2.57. The smallest absolute Gasteiger partial charge is 0.168 e. The summed E-state index contributed by atoms with van der Waals surface area (Å²) in [4.78, 5) is 12.2. The molecule has 0 spiro atoms. The molecule has 1 heterocycles. The van der Waals surface area contributed by atoms with Crippen molar-refractivity contribution in [2.45, 2.75) is 70.3 Å². The number of hydrogen-bond acceptors (Lipinski definition) is 4. The van der Waals surface area contributed by atoms with Crippen LogP contribution in [-0.2, 0) is 25.3 Å². The molecule has 1 aliphatic heterocycles. The number of ether oxygens (including phenoxy) is 2. The number of ketones is 1. The van der Waals surface area contributed by atoms with Crippen molar-refractivity contribution in [1.82, 2.24) is 4.72 Å². The molecular formula is C13H23NO4S. The molecule has 2 rings (SSSR count). The van der Waals surface area contributed by atoms with Gasteiger partial charge in [-0.05, 0) is 34.6 Å². The Morgan fingerprint density at radius 2 is 1.84 bits per heavy atom. The summed E-state index contributed by atoms with van der Waals surface area (Å²) < 4.78 is 26.3. The lowest BCUT2D eigenvalue weighted by Gasteiger charge is -2.27. The van der Waals surface area contributed by atoms with E-state index >= 15 is 0 Å². The van der Waals surface area contributed by atoms with Gasteiger partial charge in [-0.3, -0.25) is 4.79 Å². The largest absolute Gasteiger partial charge is 0.342 e. The average Bonchev–Trinajstić information content (AvgIpc) is 2.66. The number of carbonyl (C=O) groups is 1. The fourth-order valence-corrected chi connectivity index (χ4v) is 3.40. The molecule has 0 radical (unpaired) electrons. The SMILES string of the molecule is C[C@H]1C(=O)[C@@H]2OC(C)(C)O[C@@H]2[C@H]1N[S@](=O)C(C)(C)C. The molecule has 110 valence electrons. The first kappa shape index (κ1) is 15.1. The number of hydrogen-bond donors (Lipinski definition) is 1. The van der Waals surface area contributed by atoms with Gasteiger partial charge in [0.25, 0.3) is 0 Å². The molecule has 6 heteroatoms. The van der Waals surface area contributed by atoms with Gasteiger partial charge in [-0.2, -0.15) is 0 Å². The maximum absolute atomic E-state index is 12.2. The molecule has 1 saturated carbocycles. The molecule has 5 atom stereocenters. The van der Waals surface area contributed by atoms with Crippen molar-refractivity contribution in [3.05, 3.63) is 0 Å². The van der Waals surface area contributed by atoms with Crippen molar-refractivity contribution < 1.29 is 18.5 Å². The third kappa shape index (κ3) is 2.77. The van der Waals surface area contributed by atoms with Gasteiger partial charge in [-0.25, -0.2) is 8.93 Å². The van der Waals surface area contributed by atoms with Gasteiger partial charge >= 0.3 is 0 Å². The van der Waals surface area contributed by atoms with Gasteiger partial charge in [0, 0.05) is 5.92 Å². The van der Waals surface area contributed by atoms with Gasteiger partial charge < -0.3 is 9.47 Å². The molecule has 0 aromatic heterocycles. The second-order valence-corrected chi connectivity index (χ2v) is 8.73. The predicted octanol–water partition coefficient (Wildman–Crippen LogP) is 1.15. The van der Waals surface area contributed by atoms with Crippen LogP contribution in [0.1, 0.15) is 41.5 Å². The topological polar surface area (TPSA) is 64.6 Å². The van der Waals surface area contributed by atoms with Crippen molar-refractivity contribution in [2.24, 2.45) is 5.92 Å². The third-order valence-corrected chi connectivity index (χ3v) is 5.15. The van der Waals surface area contributed by atoms with Gasteiger partial charge in [0.1, 0.15) is 12.2 Å². The Bertz CT molecular complexity index is 415. The van der Waals surface area contributed by atoms with E-state index < -0.39 is 22.9 Å². The quantitative estimate of drug-likeness (QED) is 0.828. The van der Waals surface area contributed by atoms with Crippen LogP contribution in [0.25, 0.3) is 0 Å². The van der Waals surface area contributed by atoms with Crippen LogP contribution in [0.4, 0.5) is 0 Å². The molecule has 5 nitrogen and oxygen atoms in total. The summed E-state index contributed by atoms with van der Waals surface area (Å²) in [7, 11) is -1.23. The summed E-state index contributed by atoms with van der Waals surface area (Å²) in [5.41, 5.74) is 0. The molecule has 2 fully saturated rings. The van der Waals surface area contributed by atoms with Crippen molar-refractivity contribution in [1.29, 1.82) is 0 Å². The predicted molar refractivity (Wildman–Crippen MR) is 72.8 cm³/mol.